The van der Waals surface area contributed by atoms with Gasteiger partial charge in [-0.15, -0.1) is 0 Å². The van der Waals surface area contributed by atoms with Crippen LogP contribution in [-0.2, 0) is 16.3 Å². The molecule has 9 heteroatoms. The number of nitrogens with zero attached hydrogens (tertiary/aromatic N) is 2. The van der Waals surface area contributed by atoms with Gasteiger partial charge in [-0.3, -0.25) is 4.99 Å². The van der Waals surface area contributed by atoms with E-state index in [-0.39, 0.29) is 4.90 Å². The molecule has 146 valence electrons. The first-order valence-corrected chi connectivity index (χ1v) is 10.6. The molecule has 0 radical (unpaired) electrons. The fraction of sp³-hybridized carbons (Fsp3) is 0.333. The van der Waals surface area contributed by atoms with Crippen LogP contribution in [0.4, 0.5) is 0 Å². The van der Waals surface area contributed by atoms with Crippen molar-refractivity contribution in [3.8, 4) is 5.75 Å². The number of halogens is 1. The Morgan fingerprint density at radius 2 is 1.85 bits per heavy atom. The third-order valence-electron chi connectivity index (χ3n) is 3.63. The van der Waals surface area contributed by atoms with Crippen molar-refractivity contribution in [1.82, 2.24) is 15.6 Å². The minimum absolute atomic E-state index is 0.272. The average molecular weight is 411 g/mol. The maximum absolute atomic E-state index is 11.4. The molecule has 2 aromatic rings. The number of benzene rings is 1. The Kier molecular flexibility index (Phi) is 7.87. The predicted molar refractivity (Wildman–Crippen MR) is 107 cm³/mol. The van der Waals surface area contributed by atoms with Gasteiger partial charge < -0.3 is 15.4 Å². The number of hydrogen-bond acceptors (Lipinski definition) is 5. The van der Waals surface area contributed by atoms with Crippen molar-refractivity contribution >= 4 is 27.4 Å². The molecular formula is C18H23ClN4O3S. The second-order valence-electron chi connectivity index (χ2n) is 5.76. The molecular weight excluding hydrogens is 388 g/mol. The van der Waals surface area contributed by atoms with Gasteiger partial charge in [-0.25, -0.2) is 13.4 Å². The van der Waals surface area contributed by atoms with E-state index in [0.29, 0.717) is 36.6 Å². The zero-order valence-corrected chi connectivity index (χ0v) is 16.8. The fourth-order valence-corrected chi connectivity index (χ4v) is 2.96. The van der Waals surface area contributed by atoms with Crippen molar-refractivity contribution in [3.63, 3.8) is 0 Å². The van der Waals surface area contributed by atoms with Crippen LogP contribution in [0.5, 0.6) is 5.75 Å². The SMILES string of the molecule is CN=C(NCCOc1ccc(S(C)(=O)=O)cc1)NCCc1ccc(Cl)nc1. The lowest BCUT2D eigenvalue weighted by atomic mass is 10.2. The van der Waals surface area contributed by atoms with E-state index < -0.39 is 9.84 Å². The van der Waals surface area contributed by atoms with Gasteiger partial charge in [0.25, 0.3) is 0 Å². The lowest BCUT2D eigenvalue weighted by Gasteiger charge is -2.12. The molecule has 27 heavy (non-hydrogen) atoms. The molecule has 0 bridgehead atoms. The third-order valence-corrected chi connectivity index (χ3v) is 4.99. The normalized spacial score (nSPS) is 11.9. The Hall–Kier alpha value is -2.32. The second-order valence-corrected chi connectivity index (χ2v) is 8.16. The van der Waals surface area contributed by atoms with Gasteiger partial charge in [0.15, 0.2) is 15.8 Å². The van der Waals surface area contributed by atoms with E-state index in [4.69, 9.17) is 16.3 Å². The average Bonchev–Trinajstić information content (AvgIpc) is 2.65. The van der Waals surface area contributed by atoms with Gasteiger partial charge in [-0.1, -0.05) is 17.7 Å². The summed E-state index contributed by atoms with van der Waals surface area (Å²) in [5.41, 5.74) is 1.09. The lowest BCUT2D eigenvalue weighted by Crippen LogP contribution is -2.40. The first kappa shape index (κ1) is 21.0. The molecule has 0 unspecified atom stereocenters. The zero-order chi connectivity index (χ0) is 19.7. The molecule has 2 N–H and O–H groups in total. The highest BCUT2D eigenvalue weighted by Crippen LogP contribution is 2.15. The molecule has 2 rings (SSSR count). The minimum Gasteiger partial charge on any atom is -0.492 e. The van der Waals surface area contributed by atoms with Gasteiger partial charge in [-0.2, -0.15) is 0 Å². The fourth-order valence-electron chi connectivity index (χ4n) is 2.22. The Labute approximate surface area is 164 Å². The van der Waals surface area contributed by atoms with Gasteiger partial charge in [0.2, 0.25) is 0 Å². The van der Waals surface area contributed by atoms with Crippen LogP contribution in [0.1, 0.15) is 5.56 Å². The maximum Gasteiger partial charge on any atom is 0.191 e. The summed E-state index contributed by atoms with van der Waals surface area (Å²) < 4.78 is 28.4. The molecule has 0 saturated heterocycles. The van der Waals surface area contributed by atoms with Crippen LogP contribution in [0, 0.1) is 0 Å². The highest BCUT2D eigenvalue weighted by atomic mass is 35.5. The quantitative estimate of drug-likeness (QED) is 0.299. The largest absolute Gasteiger partial charge is 0.492 e. The number of pyridine rings is 1. The number of nitrogens with one attached hydrogen (secondary N) is 2. The molecule has 0 saturated carbocycles. The van der Waals surface area contributed by atoms with Crippen LogP contribution in [0.25, 0.3) is 0 Å². The van der Waals surface area contributed by atoms with E-state index in [1.807, 2.05) is 6.07 Å². The summed E-state index contributed by atoms with van der Waals surface area (Å²) in [7, 11) is -1.49. The lowest BCUT2D eigenvalue weighted by molar-refractivity contribution is 0.321. The Morgan fingerprint density at radius 3 is 2.44 bits per heavy atom. The van der Waals surface area contributed by atoms with Crippen LogP contribution >= 0.6 is 11.6 Å². The summed E-state index contributed by atoms with van der Waals surface area (Å²) in [5, 5.41) is 6.84. The predicted octanol–water partition coefficient (Wildman–Crippen LogP) is 1.92. The smallest absolute Gasteiger partial charge is 0.191 e. The summed E-state index contributed by atoms with van der Waals surface area (Å²) >= 11 is 5.77. The number of guanidine groups is 1. The van der Waals surface area contributed by atoms with E-state index in [2.05, 4.69) is 20.6 Å². The summed E-state index contributed by atoms with van der Waals surface area (Å²) in [6.07, 6.45) is 3.73. The van der Waals surface area contributed by atoms with Crippen LogP contribution in [0.2, 0.25) is 5.15 Å². The first-order valence-electron chi connectivity index (χ1n) is 8.36. The molecule has 0 amide bonds. The van der Waals surface area contributed by atoms with Crippen molar-refractivity contribution in [2.45, 2.75) is 11.3 Å². The van der Waals surface area contributed by atoms with E-state index in [9.17, 15) is 8.42 Å². The number of aliphatic imine (C=N–C) groups is 1. The van der Waals surface area contributed by atoms with Gasteiger partial charge in [0.05, 0.1) is 11.4 Å². The maximum atomic E-state index is 11.4. The first-order chi connectivity index (χ1) is 12.9. The monoisotopic (exact) mass is 410 g/mol. The summed E-state index contributed by atoms with van der Waals surface area (Å²) in [4.78, 5) is 8.47. The Bertz CT molecular complexity index is 853. The highest BCUT2D eigenvalue weighted by Gasteiger charge is 2.06. The Balaban J connectivity index is 1.68. The van der Waals surface area contributed by atoms with Gasteiger partial charge >= 0.3 is 0 Å². The number of rotatable bonds is 8. The van der Waals surface area contributed by atoms with E-state index in [0.717, 1.165) is 12.0 Å². The van der Waals surface area contributed by atoms with E-state index in [1.54, 1.807) is 31.4 Å². The van der Waals surface area contributed by atoms with Crippen molar-refractivity contribution in [2.24, 2.45) is 4.99 Å². The molecule has 0 aliphatic carbocycles. The molecule has 1 aromatic heterocycles. The highest BCUT2D eigenvalue weighted by molar-refractivity contribution is 7.90. The molecule has 1 heterocycles. The number of sulfone groups is 1. The van der Waals surface area contributed by atoms with Gasteiger partial charge in [0.1, 0.15) is 17.5 Å². The number of aromatic nitrogens is 1. The van der Waals surface area contributed by atoms with Crippen LogP contribution in [-0.4, -0.2) is 52.4 Å². The van der Waals surface area contributed by atoms with E-state index >= 15 is 0 Å². The summed E-state index contributed by atoms with van der Waals surface area (Å²) in [6, 6.07) is 10.1. The van der Waals surface area contributed by atoms with Crippen molar-refractivity contribution in [3.05, 3.63) is 53.3 Å². The van der Waals surface area contributed by atoms with Crippen molar-refractivity contribution in [1.29, 1.82) is 0 Å². The summed E-state index contributed by atoms with van der Waals surface area (Å²) in [6.45, 7) is 1.67. The molecule has 0 spiro atoms. The zero-order valence-electron chi connectivity index (χ0n) is 15.3. The van der Waals surface area contributed by atoms with Crippen LogP contribution in [0.15, 0.2) is 52.5 Å². The standard InChI is InChI=1S/C18H23ClN4O3S/c1-20-18(21-10-9-14-3-8-17(19)23-13-14)22-11-12-26-15-4-6-16(7-5-15)27(2,24)25/h3-8,13H,9-12H2,1-2H3,(H2,20,21,22). The minimum atomic E-state index is -3.19. The molecule has 0 aliphatic rings. The molecule has 0 aliphatic heterocycles. The Morgan fingerprint density at radius 1 is 1.15 bits per heavy atom. The van der Waals surface area contributed by atoms with Crippen molar-refractivity contribution < 1.29 is 13.2 Å². The number of hydrogen-bond donors (Lipinski definition) is 2. The molecule has 0 atom stereocenters. The summed E-state index contributed by atoms with van der Waals surface area (Å²) in [5.74, 6) is 1.29. The molecule has 7 nitrogen and oxygen atoms in total. The molecule has 1 aromatic carbocycles. The van der Waals surface area contributed by atoms with E-state index in [1.165, 1.54) is 18.4 Å². The van der Waals surface area contributed by atoms with Crippen molar-refractivity contribution in [2.75, 3.05) is 33.0 Å². The van der Waals surface area contributed by atoms with Gasteiger partial charge in [0, 0.05) is 26.0 Å². The van der Waals surface area contributed by atoms with Crippen LogP contribution in [0.3, 0.4) is 0 Å². The van der Waals surface area contributed by atoms with Crippen LogP contribution < -0.4 is 15.4 Å². The number of ether oxygens (including phenoxy) is 1. The second kappa shape index (κ2) is 10.1. The topological polar surface area (TPSA) is 92.7 Å². The molecule has 0 fully saturated rings. The van der Waals surface area contributed by atoms with Gasteiger partial charge in [-0.05, 0) is 42.3 Å². The third kappa shape index (κ3) is 7.44.